The Morgan fingerprint density at radius 2 is 2.04 bits per heavy atom. The number of amides is 1. The van der Waals surface area contributed by atoms with Gasteiger partial charge in [-0.1, -0.05) is 24.3 Å². The summed E-state index contributed by atoms with van der Waals surface area (Å²) in [5, 5.41) is 7.91. The van der Waals surface area contributed by atoms with E-state index in [1.54, 1.807) is 30.3 Å². The fourth-order valence-corrected chi connectivity index (χ4v) is 4.10. The zero-order valence-electron chi connectivity index (χ0n) is 17.1. The summed E-state index contributed by atoms with van der Waals surface area (Å²) in [6.07, 6.45) is 3.07. The van der Waals surface area contributed by atoms with Crippen LogP contribution in [0.5, 0.6) is 0 Å². The van der Waals surface area contributed by atoms with E-state index < -0.39 is 0 Å². The molecule has 1 atom stereocenters. The van der Waals surface area contributed by atoms with Crippen molar-refractivity contribution in [2.45, 2.75) is 45.7 Å². The summed E-state index contributed by atoms with van der Waals surface area (Å²) < 4.78 is 0. The predicted molar refractivity (Wildman–Crippen MR) is 115 cm³/mol. The third-order valence-corrected chi connectivity index (χ3v) is 6.11. The van der Waals surface area contributed by atoms with E-state index in [4.69, 9.17) is 0 Å². The van der Waals surface area contributed by atoms with Crippen molar-refractivity contribution < 1.29 is 4.79 Å². The van der Waals surface area contributed by atoms with Crippen LogP contribution in [-0.4, -0.2) is 48.4 Å². The Hall–Kier alpha value is -2.41. The van der Waals surface area contributed by atoms with E-state index in [2.05, 4.69) is 51.8 Å². The van der Waals surface area contributed by atoms with Gasteiger partial charge in [-0.05, 0) is 44.2 Å². The van der Waals surface area contributed by atoms with Crippen LogP contribution in [-0.2, 0) is 24.2 Å². The molecule has 1 aromatic heterocycles. The zero-order chi connectivity index (χ0) is 20.1. The minimum Gasteiger partial charge on any atom is -0.353 e. The maximum Gasteiger partial charge on any atom is 0.243 e. The van der Waals surface area contributed by atoms with Crippen molar-refractivity contribution in [3.8, 4) is 0 Å². The van der Waals surface area contributed by atoms with E-state index in [9.17, 15) is 4.79 Å². The lowest BCUT2D eigenvalue weighted by atomic mass is 9.88. The number of aryl methyl sites for hydroxylation is 3. The Balaban J connectivity index is 1.67. The number of fused-ring (bicyclic) bond motifs is 1. The van der Waals surface area contributed by atoms with Gasteiger partial charge in [-0.15, -0.1) is 11.3 Å². The quantitative estimate of drug-likeness (QED) is 0.599. The van der Waals surface area contributed by atoms with Gasteiger partial charge >= 0.3 is 0 Å². The Morgan fingerprint density at radius 1 is 1.29 bits per heavy atom. The van der Waals surface area contributed by atoms with Crippen molar-refractivity contribution in [1.82, 2.24) is 20.5 Å². The maximum atomic E-state index is 12.0. The highest BCUT2D eigenvalue weighted by Crippen LogP contribution is 2.21. The topological polar surface area (TPSA) is 69.6 Å². The monoisotopic (exact) mass is 399 g/mol. The Kier molecular flexibility index (Phi) is 6.67. The van der Waals surface area contributed by atoms with Crippen LogP contribution in [0.1, 0.15) is 33.1 Å². The first kappa shape index (κ1) is 20.3. The van der Waals surface area contributed by atoms with Gasteiger partial charge in [0.15, 0.2) is 5.96 Å². The summed E-state index contributed by atoms with van der Waals surface area (Å²) in [5.74, 6) is 0.654. The van der Waals surface area contributed by atoms with Crippen LogP contribution in [0.3, 0.4) is 0 Å². The fraction of sp³-hybridized carbons (Fsp3) is 0.476. The second-order valence-electron chi connectivity index (χ2n) is 7.41. The Bertz CT molecular complexity index is 839. The van der Waals surface area contributed by atoms with Gasteiger partial charge in [0.25, 0.3) is 0 Å². The van der Waals surface area contributed by atoms with Crippen molar-refractivity contribution in [3.63, 3.8) is 0 Å². The Labute approximate surface area is 171 Å². The number of aromatic nitrogens is 1. The van der Waals surface area contributed by atoms with E-state index in [0.29, 0.717) is 18.5 Å². The number of likely N-dealkylation sites (N-methyl/N-ethyl adjacent to an activating group) is 1. The average Bonchev–Trinajstić information content (AvgIpc) is 3.01. The van der Waals surface area contributed by atoms with Gasteiger partial charge < -0.3 is 15.5 Å². The first-order chi connectivity index (χ1) is 13.4. The molecule has 1 aliphatic rings. The van der Waals surface area contributed by atoms with Gasteiger partial charge in [0, 0.05) is 25.0 Å². The highest BCUT2D eigenvalue weighted by Gasteiger charge is 2.19. The Morgan fingerprint density at radius 3 is 2.71 bits per heavy atom. The first-order valence-electron chi connectivity index (χ1n) is 9.67. The second-order valence-corrected chi connectivity index (χ2v) is 8.70. The van der Waals surface area contributed by atoms with Gasteiger partial charge in [0.05, 0.1) is 12.2 Å². The highest BCUT2D eigenvalue weighted by molar-refractivity contribution is 7.11. The largest absolute Gasteiger partial charge is 0.353 e. The van der Waals surface area contributed by atoms with Gasteiger partial charge in [0.2, 0.25) is 5.91 Å². The maximum absolute atomic E-state index is 12.0. The van der Waals surface area contributed by atoms with Crippen LogP contribution in [0.4, 0.5) is 0 Å². The van der Waals surface area contributed by atoms with Gasteiger partial charge in [-0.25, -0.2) is 9.98 Å². The van der Waals surface area contributed by atoms with Crippen LogP contribution in [0.25, 0.3) is 0 Å². The standard InChI is InChI=1S/C21H29N5OS/c1-14-15(2)28-19(24-14)12-22-21(23-13-20(27)26(3)4)25-18-10-9-16-7-5-6-8-17(16)11-18/h5-8,18H,9-13H2,1-4H3,(H2,22,23,25). The van der Waals surface area contributed by atoms with Gasteiger partial charge in [-0.2, -0.15) is 0 Å². The molecule has 1 aromatic carbocycles. The molecule has 28 heavy (non-hydrogen) atoms. The number of benzene rings is 1. The van der Waals surface area contributed by atoms with E-state index in [0.717, 1.165) is 30.0 Å². The molecule has 6 nitrogen and oxygen atoms in total. The average molecular weight is 400 g/mol. The van der Waals surface area contributed by atoms with Crippen molar-refractivity contribution >= 4 is 23.2 Å². The summed E-state index contributed by atoms with van der Waals surface area (Å²) in [5.41, 5.74) is 3.89. The van der Waals surface area contributed by atoms with Crippen molar-refractivity contribution in [2.75, 3.05) is 20.6 Å². The molecule has 0 bridgehead atoms. The van der Waals surface area contributed by atoms with E-state index >= 15 is 0 Å². The zero-order valence-corrected chi connectivity index (χ0v) is 17.9. The summed E-state index contributed by atoms with van der Waals surface area (Å²) in [6, 6.07) is 8.91. The predicted octanol–water partition coefficient (Wildman–Crippen LogP) is 2.44. The smallest absolute Gasteiger partial charge is 0.243 e. The lowest BCUT2D eigenvalue weighted by Crippen LogP contribution is -2.46. The van der Waals surface area contributed by atoms with Crippen molar-refractivity contribution in [1.29, 1.82) is 0 Å². The molecule has 1 unspecified atom stereocenters. The number of thiazole rings is 1. The number of aliphatic imine (C=N–C) groups is 1. The molecule has 1 heterocycles. The van der Waals surface area contributed by atoms with Crippen LogP contribution >= 0.6 is 11.3 Å². The molecule has 0 spiro atoms. The number of rotatable bonds is 5. The fourth-order valence-electron chi connectivity index (χ4n) is 3.23. The van der Waals surface area contributed by atoms with E-state index in [1.807, 2.05) is 6.92 Å². The summed E-state index contributed by atoms with van der Waals surface area (Å²) in [7, 11) is 3.50. The number of nitrogens with one attached hydrogen (secondary N) is 2. The van der Waals surface area contributed by atoms with Crippen molar-refractivity contribution in [3.05, 3.63) is 51.0 Å². The molecule has 150 valence electrons. The van der Waals surface area contributed by atoms with E-state index in [-0.39, 0.29) is 12.5 Å². The summed E-state index contributed by atoms with van der Waals surface area (Å²) >= 11 is 1.69. The molecule has 0 radical (unpaired) electrons. The second kappa shape index (κ2) is 9.19. The molecule has 2 N–H and O–H groups in total. The number of nitrogens with zero attached hydrogens (tertiary/aromatic N) is 3. The number of guanidine groups is 1. The number of carbonyl (C=O) groups excluding carboxylic acids is 1. The lowest BCUT2D eigenvalue weighted by molar-refractivity contribution is -0.127. The normalized spacial score (nSPS) is 16.4. The van der Waals surface area contributed by atoms with E-state index in [1.165, 1.54) is 16.0 Å². The molecule has 0 saturated carbocycles. The van der Waals surface area contributed by atoms with Gasteiger partial charge in [0.1, 0.15) is 11.6 Å². The summed E-state index contributed by atoms with van der Waals surface area (Å²) in [6.45, 7) is 4.84. The molecular weight excluding hydrogens is 370 g/mol. The first-order valence-corrected chi connectivity index (χ1v) is 10.5. The van der Waals surface area contributed by atoms with Crippen LogP contribution < -0.4 is 10.6 Å². The SMILES string of the molecule is Cc1nc(CNC(=NCC(=O)N(C)C)NC2CCc3ccccc3C2)sc1C. The molecular formula is C21H29N5OS. The molecule has 0 saturated heterocycles. The highest BCUT2D eigenvalue weighted by atomic mass is 32.1. The summed E-state index contributed by atoms with van der Waals surface area (Å²) in [4.78, 5) is 23.9. The molecule has 0 aliphatic heterocycles. The molecule has 1 amide bonds. The third-order valence-electron chi connectivity index (χ3n) is 5.04. The molecule has 2 aromatic rings. The number of hydrogen-bond acceptors (Lipinski definition) is 4. The van der Waals surface area contributed by atoms with Crippen LogP contribution in [0.15, 0.2) is 29.3 Å². The number of hydrogen-bond donors (Lipinski definition) is 2. The molecule has 7 heteroatoms. The molecule has 1 aliphatic carbocycles. The minimum atomic E-state index is -0.0176. The van der Waals surface area contributed by atoms with Crippen molar-refractivity contribution in [2.24, 2.45) is 4.99 Å². The number of carbonyl (C=O) groups is 1. The van der Waals surface area contributed by atoms with Gasteiger partial charge in [-0.3, -0.25) is 4.79 Å². The molecule has 0 fully saturated rings. The lowest BCUT2D eigenvalue weighted by Gasteiger charge is -2.27. The third kappa shape index (κ3) is 5.32. The van der Waals surface area contributed by atoms with Crippen LogP contribution in [0, 0.1) is 13.8 Å². The minimum absolute atomic E-state index is 0.0176. The van der Waals surface area contributed by atoms with Crippen LogP contribution in [0.2, 0.25) is 0 Å². The molecule has 3 rings (SSSR count).